The summed E-state index contributed by atoms with van der Waals surface area (Å²) in [5.74, 6) is 1.42. The molecule has 1 fully saturated rings. The summed E-state index contributed by atoms with van der Waals surface area (Å²) < 4.78 is 6.49. The molecule has 3 atom stereocenters. The molecule has 0 saturated heterocycles. The van der Waals surface area contributed by atoms with E-state index in [2.05, 4.69) is 24.3 Å². The summed E-state index contributed by atoms with van der Waals surface area (Å²) in [6.45, 7) is 4.43. The van der Waals surface area contributed by atoms with Crippen molar-refractivity contribution in [3.05, 3.63) is 64.6 Å². The number of methoxy groups -OCH3 is 1. The Balaban J connectivity index is 1.77. The Labute approximate surface area is 175 Å². The van der Waals surface area contributed by atoms with Crippen LogP contribution in [0.4, 0.5) is 0 Å². The van der Waals surface area contributed by atoms with E-state index >= 15 is 0 Å². The quantitative estimate of drug-likeness (QED) is 0.713. The molecular weight excluding hydrogens is 378 g/mol. The molecule has 156 valence electrons. The third kappa shape index (κ3) is 3.70. The lowest BCUT2D eigenvalue weighted by atomic mass is 9.78. The number of fused-ring (bicyclic) bond motifs is 1. The molecular formula is C24H27N3O3. The van der Waals surface area contributed by atoms with Crippen molar-refractivity contribution in [1.29, 1.82) is 0 Å². The van der Waals surface area contributed by atoms with Crippen LogP contribution < -0.4 is 15.6 Å². The van der Waals surface area contributed by atoms with Gasteiger partial charge in [-0.25, -0.2) is 0 Å². The van der Waals surface area contributed by atoms with Crippen molar-refractivity contribution in [2.45, 2.75) is 39.2 Å². The van der Waals surface area contributed by atoms with Crippen LogP contribution >= 0.6 is 0 Å². The van der Waals surface area contributed by atoms with Crippen LogP contribution in [0, 0.1) is 11.8 Å². The Morgan fingerprint density at radius 1 is 1.07 bits per heavy atom. The zero-order chi connectivity index (χ0) is 21.3. The normalized spacial score (nSPS) is 21.4. The number of hydrogen-bond acceptors (Lipinski definition) is 4. The van der Waals surface area contributed by atoms with E-state index in [1.807, 2.05) is 6.07 Å². The number of aromatic nitrogens is 2. The second kappa shape index (κ2) is 8.30. The highest BCUT2D eigenvalue weighted by Gasteiger charge is 2.29. The lowest BCUT2D eigenvalue weighted by molar-refractivity contribution is 0.0886. The molecule has 1 aliphatic carbocycles. The Kier molecular flexibility index (Phi) is 5.57. The fraction of sp³-hybridized carbons (Fsp3) is 0.375. The molecule has 1 heterocycles. The van der Waals surface area contributed by atoms with E-state index in [9.17, 15) is 9.59 Å². The average molecular weight is 405 g/mol. The van der Waals surface area contributed by atoms with Crippen LogP contribution in [0.2, 0.25) is 0 Å². The topological polar surface area (TPSA) is 73.2 Å². The molecule has 1 aliphatic rings. The van der Waals surface area contributed by atoms with E-state index in [0.717, 1.165) is 12.8 Å². The summed E-state index contributed by atoms with van der Waals surface area (Å²) in [6.07, 6.45) is 3.26. The Morgan fingerprint density at radius 3 is 2.47 bits per heavy atom. The lowest BCUT2D eigenvalue weighted by Gasteiger charge is -2.34. The summed E-state index contributed by atoms with van der Waals surface area (Å²) in [5, 5.41) is 8.72. The van der Waals surface area contributed by atoms with Gasteiger partial charge in [-0.2, -0.15) is 9.78 Å². The number of ether oxygens (including phenoxy) is 1. The van der Waals surface area contributed by atoms with Gasteiger partial charge < -0.3 is 10.1 Å². The molecule has 0 spiro atoms. The van der Waals surface area contributed by atoms with E-state index in [1.165, 1.54) is 11.1 Å². The first-order valence-electron chi connectivity index (χ1n) is 10.5. The second-order valence-electron chi connectivity index (χ2n) is 8.16. The number of nitrogens with zero attached hydrogens (tertiary/aromatic N) is 2. The maximum Gasteiger partial charge on any atom is 0.279 e. The van der Waals surface area contributed by atoms with Crippen LogP contribution in [-0.2, 0) is 0 Å². The fourth-order valence-corrected chi connectivity index (χ4v) is 4.28. The number of carbonyl (C=O) groups excluding carboxylic acids is 1. The van der Waals surface area contributed by atoms with Gasteiger partial charge in [0.25, 0.3) is 11.5 Å². The van der Waals surface area contributed by atoms with Gasteiger partial charge in [-0.05, 0) is 48.6 Å². The van der Waals surface area contributed by atoms with Gasteiger partial charge in [0, 0.05) is 11.4 Å². The van der Waals surface area contributed by atoms with Gasteiger partial charge in [0.1, 0.15) is 5.75 Å². The number of hydrogen-bond donors (Lipinski definition) is 1. The van der Waals surface area contributed by atoms with Crippen LogP contribution in [0.25, 0.3) is 16.5 Å². The molecule has 3 aromatic rings. The standard InChI is InChI=1S/C24H27N3O3/c1-15-7-6-10-21(16(15)2)25-23(28)22-19-8-4-5-9-20(19)24(29)27(26-22)17-11-13-18(30-3)14-12-17/h4-5,8-9,11-16,21H,6-7,10H2,1-3H3,(H,25,28)/t15-,16-,21+/m0/s1. The number of benzene rings is 2. The Bertz CT molecular complexity index is 1120. The first-order chi connectivity index (χ1) is 14.5. The maximum absolute atomic E-state index is 13.3. The van der Waals surface area contributed by atoms with Gasteiger partial charge in [0.2, 0.25) is 0 Å². The van der Waals surface area contributed by atoms with Crippen molar-refractivity contribution in [3.63, 3.8) is 0 Å². The van der Waals surface area contributed by atoms with E-state index in [0.29, 0.717) is 34.0 Å². The first-order valence-corrected chi connectivity index (χ1v) is 10.5. The molecule has 6 heteroatoms. The molecule has 1 saturated carbocycles. The Morgan fingerprint density at radius 2 is 1.77 bits per heavy atom. The monoisotopic (exact) mass is 405 g/mol. The third-order valence-corrected chi connectivity index (χ3v) is 6.36. The molecule has 1 aromatic heterocycles. The molecule has 1 amide bonds. The molecule has 0 unspecified atom stereocenters. The highest BCUT2D eigenvalue weighted by molar-refractivity contribution is 6.05. The molecule has 2 aromatic carbocycles. The molecule has 30 heavy (non-hydrogen) atoms. The van der Waals surface area contributed by atoms with E-state index < -0.39 is 0 Å². The van der Waals surface area contributed by atoms with Crippen molar-refractivity contribution in [1.82, 2.24) is 15.1 Å². The van der Waals surface area contributed by atoms with E-state index in [4.69, 9.17) is 4.74 Å². The van der Waals surface area contributed by atoms with E-state index in [1.54, 1.807) is 49.6 Å². The van der Waals surface area contributed by atoms with Crippen LogP contribution in [0.3, 0.4) is 0 Å². The number of rotatable bonds is 4. The minimum Gasteiger partial charge on any atom is -0.497 e. The van der Waals surface area contributed by atoms with Crippen molar-refractivity contribution in [3.8, 4) is 11.4 Å². The van der Waals surface area contributed by atoms with Crippen LogP contribution in [0.5, 0.6) is 5.75 Å². The van der Waals surface area contributed by atoms with Gasteiger partial charge in [-0.3, -0.25) is 9.59 Å². The van der Waals surface area contributed by atoms with Crippen LogP contribution in [0.1, 0.15) is 43.6 Å². The summed E-state index contributed by atoms with van der Waals surface area (Å²) >= 11 is 0. The van der Waals surface area contributed by atoms with E-state index in [-0.39, 0.29) is 23.2 Å². The zero-order valence-corrected chi connectivity index (χ0v) is 17.6. The number of nitrogens with one attached hydrogen (secondary N) is 1. The molecule has 0 bridgehead atoms. The molecule has 0 radical (unpaired) electrons. The van der Waals surface area contributed by atoms with Crippen LogP contribution in [-0.4, -0.2) is 28.8 Å². The zero-order valence-electron chi connectivity index (χ0n) is 17.6. The largest absolute Gasteiger partial charge is 0.497 e. The summed E-state index contributed by atoms with van der Waals surface area (Å²) in [6, 6.07) is 14.3. The van der Waals surface area contributed by atoms with Gasteiger partial charge >= 0.3 is 0 Å². The van der Waals surface area contributed by atoms with Gasteiger partial charge in [-0.15, -0.1) is 0 Å². The van der Waals surface area contributed by atoms with Crippen molar-refractivity contribution >= 4 is 16.7 Å². The highest BCUT2D eigenvalue weighted by atomic mass is 16.5. The molecule has 0 aliphatic heterocycles. The molecule has 6 nitrogen and oxygen atoms in total. The Hall–Kier alpha value is -3.15. The van der Waals surface area contributed by atoms with Gasteiger partial charge in [0.15, 0.2) is 5.69 Å². The SMILES string of the molecule is COc1ccc(-n2nc(C(=O)N[C@@H]3CCC[C@H](C)[C@@H]3C)c3ccccc3c2=O)cc1. The molecule has 4 rings (SSSR count). The summed E-state index contributed by atoms with van der Waals surface area (Å²) in [5.41, 5.74) is 0.596. The smallest absolute Gasteiger partial charge is 0.279 e. The minimum absolute atomic E-state index is 0.114. The fourth-order valence-electron chi connectivity index (χ4n) is 4.28. The summed E-state index contributed by atoms with van der Waals surface area (Å²) in [7, 11) is 1.59. The number of carbonyl (C=O) groups is 1. The third-order valence-electron chi connectivity index (χ3n) is 6.36. The lowest BCUT2D eigenvalue weighted by Crippen LogP contribution is -2.44. The summed E-state index contributed by atoms with van der Waals surface area (Å²) in [4.78, 5) is 26.3. The average Bonchev–Trinajstić information content (AvgIpc) is 2.77. The van der Waals surface area contributed by atoms with Crippen molar-refractivity contribution in [2.24, 2.45) is 11.8 Å². The maximum atomic E-state index is 13.3. The number of amides is 1. The first kappa shape index (κ1) is 20.1. The molecule has 1 N–H and O–H groups in total. The van der Waals surface area contributed by atoms with Gasteiger partial charge in [-0.1, -0.05) is 44.9 Å². The van der Waals surface area contributed by atoms with Crippen molar-refractivity contribution < 1.29 is 9.53 Å². The second-order valence-corrected chi connectivity index (χ2v) is 8.16. The van der Waals surface area contributed by atoms with Crippen LogP contribution in [0.15, 0.2) is 53.3 Å². The minimum atomic E-state index is -0.257. The predicted octanol–water partition coefficient (Wildman–Crippen LogP) is 3.95. The van der Waals surface area contributed by atoms with Crippen molar-refractivity contribution in [2.75, 3.05) is 7.11 Å². The van der Waals surface area contributed by atoms with Gasteiger partial charge in [0.05, 0.1) is 18.2 Å². The highest BCUT2D eigenvalue weighted by Crippen LogP contribution is 2.30. The predicted molar refractivity (Wildman–Crippen MR) is 117 cm³/mol.